The van der Waals surface area contributed by atoms with Gasteiger partial charge < -0.3 is 5.32 Å². The summed E-state index contributed by atoms with van der Waals surface area (Å²) in [6, 6.07) is 6.41. The summed E-state index contributed by atoms with van der Waals surface area (Å²) >= 11 is 1.10. The molecule has 0 atom stereocenters. The number of hydrogen-bond donors (Lipinski definition) is 1. The monoisotopic (exact) mass is 277 g/mol. The van der Waals surface area contributed by atoms with Crippen LogP contribution in [0.15, 0.2) is 29.2 Å². The van der Waals surface area contributed by atoms with Crippen LogP contribution in [-0.2, 0) is 4.79 Å². The van der Waals surface area contributed by atoms with Gasteiger partial charge in [0.25, 0.3) is 0 Å². The van der Waals surface area contributed by atoms with Crippen LogP contribution in [0.2, 0.25) is 0 Å². The Labute approximate surface area is 106 Å². The second-order valence-electron chi connectivity index (χ2n) is 3.37. The van der Waals surface area contributed by atoms with Gasteiger partial charge in [0.05, 0.1) is 5.75 Å². The third-order valence-corrected chi connectivity index (χ3v) is 2.88. The van der Waals surface area contributed by atoms with E-state index >= 15 is 0 Å². The third-order valence-electron chi connectivity index (χ3n) is 1.87. The quantitative estimate of drug-likeness (QED) is 0.663. The van der Waals surface area contributed by atoms with Crippen molar-refractivity contribution in [3.05, 3.63) is 29.8 Å². The van der Waals surface area contributed by atoms with Crippen LogP contribution < -0.4 is 5.32 Å². The lowest BCUT2D eigenvalue weighted by atomic mass is 10.2. The molecular formula is C11H10F3NO2S. The normalized spacial score (nSPS) is 11.1. The first kappa shape index (κ1) is 14.6. The molecule has 7 heteroatoms. The van der Waals surface area contributed by atoms with E-state index in [1.807, 2.05) is 0 Å². The summed E-state index contributed by atoms with van der Waals surface area (Å²) in [5, 5.41) is 1.77. The maximum absolute atomic E-state index is 11.8. The number of alkyl halides is 3. The summed E-state index contributed by atoms with van der Waals surface area (Å²) < 4.78 is 35.4. The van der Waals surface area contributed by atoms with Gasteiger partial charge in [-0.05, 0) is 12.1 Å². The van der Waals surface area contributed by atoms with Crippen molar-refractivity contribution >= 4 is 24.0 Å². The first-order chi connectivity index (χ1) is 8.40. The zero-order chi connectivity index (χ0) is 13.6. The van der Waals surface area contributed by atoms with Gasteiger partial charge in [0, 0.05) is 10.5 Å². The number of nitrogens with one attached hydrogen (secondary N) is 1. The first-order valence-electron chi connectivity index (χ1n) is 4.92. The molecule has 0 aliphatic rings. The van der Waals surface area contributed by atoms with Gasteiger partial charge in [0.1, 0.15) is 12.8 Å². The molecule has 98 valence electrons. The molecule has 18 heavy (non-hydrogen) atoms. The van der Waals surface area contributed by atoms with E-state index in [-0.39, 0.29) is 5.75 Å². The highest BCUT2D eigenvalue weighted by molar-refractivity contribution is 8.00. The number of amides is 1. The topological polar surface area (TPSA) is 46.2 Å². The van der Waals surface area contributed by atoms with E-state index in [1.54, 1.807) is 29.6 Å². The van der Waals surface area contributed by atoms with Crippen molar-refractivity contribution in [2.75, 3.05) is 12.3 Å². The molecule has 1 N–H and O–H groups in total. The number of halogens is 3. The number of carbonyl (C=O) groups excluding carboxylic acids is 2. The molecule has 0 bridgehead atoms. The molecule has 1 aromatic rings. The fourth-order valence-corrected chi connectivity index (χ4v) is 1.77. The van der Waals surface area contributed by atoms with Gasteiger partial charge >= 0.3 is 6.18 Å². The SMILES string of the molecule is O=Cc1ccc(SCC(=O)NCC(F)(F)F)cc1. The Kier molecular flexibility index (Phi) is 5.21. The predicted molar refractivity (Wildman–Crippen MR) is 61.6 cm³/mol. The smallest absolute Gasteiger partial charge is 0.346 e. The number of thioether (sulfide) groups is 1. The second-order valence-corrected chi connectivity index (χ2v) is 4.42. The summed E-state index contributed by atoms with van der Waals surface area (Å²) in [6.45, 7) is -1.32. The van der Waals surface area contributed by atoms with E-state index in [4.69, 9.17) is 0 Å². The summed E-state index contributed by atoms with van der Waals surface area (Å²) in [5.74, 6) is -0.784. The lowest BCUT2D eigenvalue weighted by molar-refractivity contribution is -0.136. The van der Waals surface area contributed by atoms with Crippen molar-refractivity contribution in [1.29, 1.82) is 0 Å². The second kappa shape index (κ2) is 6.44. The summed E-state index contributed by atoms with van der Waals surface area (Å²) in [6.07, 6.45) is -3.71. The number of carbonyl (C=O) groups is 2. The number of benzene rings is 1. The van der Waals surface area contributed by atoms with Crippen molar-refractivity contribution in [3.8, 4) is 0 Å². The molecular weight excluding hydrogens is 267 g/mol. The Morgan fingerprint density at radius 2 is 1.89 bits per heavy atom. The lowest BCUT2D eigenvalue weighted by Crippen LogP contribution is -2.34. The maximum Gasteiger partial charge on any atom is 0.405 e. The third kappa shape index (κ3) is 5.72. The number of hydrogen-bond acceptors (Lipinski definition) is 3. The van der Waals surface area contributed by atoms with Gasteiger partial charge in [-0.3, -0.25) is 9.59 Å². The van der Waals surface area contributed by atoms with Crippen LogP contribution >= 0.6 is 11.8 Å². The summed E-state index contributed by atoms with van der Waals surface area (Å²) in [4.78, 5) is 22.2. The number of aldehydes is 1. The molecule has 0 saturated heterocycles. The van der Waals surface area contributed by atoms with Crippen LogP contribution in [0.4, 0.5) is 13.2 Å². The Morgan fingerprint density at radius 1 is 1.28 bits per heavy atom. The molecule has 0 spiro atoms. The van der Waals surface area contributed by atoms with Crippen LogP contribution in [0.1, 0.15) is 10.4 Å². The minimum Gasteiger partial charge on any atom is -0.346 e. The van der Waals surface area contributed by atoms with Crippen molar-refractivity contribution in [2.45, 2.75) is 11.1 Å². The fourth-order valence-electron chi connectivity index (χ4n) is 1.04. The fraction of sp³-hybridized carbons (Fsp3) is 0.273. The van der Waals surface area contributed by atoms with Gasteiger partial charge in [-0.15, -0.1) is 11.8 Å². The zero-order valence-electron chi connectivity index (χ0n) is 9.16. The van der Waals surface area contributed by atoms with Gasteiger partial charge in [0.2, 0.25) is 5.91 Å². The van der Waals surface area contributed by atoms with Crippen LogP contribution in [0.25, 0.3) is 0 Å². The molecule has 0 aliphatic carbocycles. The molecule has 0 saturated carbocycles. The largest absolute Gasteiger partial charge is 0.405 e. The summed E-state index contributed by atoms with van der Waals surface area (Å²) in [5.41, 5.74) is 0.501. The van der Waals surface area contributed by atoms with Crippen molar-refractivity contribution in [3.63, 3.8) is 0 Å². The average Bonchev–Trinajstić information content (AvgIpc) is 2.33. The van der Waals surface area contributed by atoms with E-state index in [0.29, 0.717) is 16.7 Å². The first-order valence-corrected chi connectivity index (χ1v) is 5.91. The predicted octanol–water partition coefficient (Wildman–Crippen LogP) is 2.27. The molecule has 0 aromatic heterocycles. The van der Waals surface area contributed by atoms with Crippen molar-refractivity contribution < 1.29 is 22.8 Å². The van der Waals surface area contributed by atoms with Crippen LogP contribution in [-0.4, -0.2) is 30.7 Å². The Balaban J connectivity index is 2.35. The van der Waals surface area contributed by atoms with E-state index in [1.165, 1.54) is 0 Å². The van der Waals surface area contributed by atoms with Gasteiger partial charge in [0.15, 0.2) is 0 Å². The Bertz CT molecular complexity index is 417. The van der Waals surface area contributed by atoms with Crippen molar-refractivity contribution in [1.82, 2.24) is 5.32 Å². The van der Waals surface area contributed by atoms with Gasteiger partial charge in [-0.1, -0.05) is 12.1 Å². The van der Waals surface area contributed by atoms with Gasteiger partial charge in [-0.2, -0.15) is 13.2 Å². The molecule has 0 aliphatic heterocycles. The minimum atomic E-state index is -4.40. The molecule has 3 nitrogen and oxygen atoms in total. The van der Waals surface area contributed by atoms with E-state index in [9.17, 15) is 22.8 Å². The van der Waals surface area contributed by atoms with Crippen LogP contribution in [0, 0.1) is 0 Å². The zero-order valence-corrected chi connectivity index (χ0v) is 9.98. The molecule has 1 aromatic carbocycles. The van der Waals surface area contributed by atoms with Crippen molar-refractivity contribution in [2.24, 2.45) is 0 Å². The maximum atomic E-state index is 11.8. The molecule has 0 heterocycles. The lowest BCUT2D eigenvalue weighted by Gasteiger charge is -2.08. The molecule has 0 unspecified atom stereocenters. The molecule has 0 fully saturated rings. The molecule has 0 radical (unpaired) electrons. The Morgan fingerprint density at radius 3 is 2.39 bits per heavy atom. The van der Waals surface area contributed by atoms with E-state index in [2.05, 4.69) is 0 Å². The number of rotatable bonds is 5. The standard InChI is InChI=1S/C11H10F3NO2S/c12-11(13,14)7-15-10(17)6-18-9-3-1-8(5-16)2-4-9/h1-5H,6-7H2,(H,15,17). The Hall–Kier alpha value is -1.50. The van der Waals surface area contributed by atoms with Gasteiger partial charge in [-0.25, -0.2) is 0 Å². The minimum absolute atomic E-state index is 0.101. The van der Waals surface area contributed by atoms with Crippen LogP contribution in [0.3, 0.4) is 0 Å². The van der Waals surface area contributed by atoms with E-state index < -0.39 is 18.6 Å². The van der Waals surface area contributed by atoms with Crippen LogP contribution in [0.5, 0.6) is 0 Å². The highest BCUT2D eigenvalue weighted by atomic mass is 32.2. The average molecular weight is 277 g/mol. The van der Waals surface area contributed by atoms with E-state index in [0.717, 1.165) is 11.8 Å². The highest BCUT2D eigenvalue weighted by Gasteiger charge is 2.27. The molecule has 1 rings (SSSR count). The summed E-state index contributed by atoms with van der Waals surface area (Å²) in [7, 11) is 0. The highest BCUT2D eigenvalue weighted by Crippen LogP contribution is 2.18. The molecule has 1 amide bonds.